The number of benzene rings is 2. The van der Waals surface area contributed by atoms with E-state index in [1.54, 1.807) is 19.1 Å². The molecule has 0 bridgehead atoms. The van der Waals surface area contributed by atoms with Gasteiger partial charge in [0, 0.05) is 17.4 Å². The molecule has 1 amide bonds. The summed E-state index contributed by atoms with van der Waals surface area (Å²) in [7, 11) is 0. The van der Waals surface area contributed by atoms with Crippen LogP contribution in [0.2, 0.25) is 0 Å². The number of aryl methyl sites for hydroxylation is 1. The highest BCUT2D eigenvalue weighted by Crippen LogP contribution is 2.17. The van der Waals surface area contributed by atoms with Gasteiger partial charge in [0.25, 0.3) is 5.91 Å². The lowest BCUT2D eigenvalue weighted by Gasteiger charge is -2.09. The summed E-state index contributed by atoms with van der Waals surface area (Å²) in [6, 6.07) is 12.7. The number of nitrogens with one attached hydrogen (secondary N) is 2. The predicted molar refractivity (Wildman–Crippen MR) is 90.8 cm³/mol. The molecule has 3 aromatic rings. The number of amides is 1. The first kappa shape index (κ1) is 16.5. The molecule has 1 heterocycles. The minimum absolute atomic E-state index is 0.135. The molecule has 25 heavy (non-hydrogen) atoms. The summed E-state index contributed by atoms with van der Waals surface area (Å²) in [6.07, 6.45) is 0. The monoisotopic (exact) mass is 340 g/mol. The van der Waals surface area contributed by atoms with E-state index in [0.717, 1.165) is 0 Å². The van der Waals surface area contributed by atoms with Gasteiger partial charge in [-0.3, -0.25) is 4.79 Å². The second-order valence-electron chi connectivity index (χ2n) is 5.28. The van der Waals surface area contributed by atoms with Gasteiger partial charge in [-0.2, -0.15) is 0 Å². The lowest BCUT2D eigenvalue weighted by Crippen LogP contribution is -2.15. The summed E-state index contributed by atoms with van der Waals surface area (Å²) in [6.45, 7) is 1.64. The molecule has 0 aliphatic heterocycles. The number of anilines is 3. The molecule has 0 saturated heterocycles. The molecule has 0 saturated carbocycles. The Bertz CT molecular complexity index is 913. The van der Waals surface area contributed by atoms with Crippen molar-refractivity contribution >= 4 is 23.1 Å². The highest BCUT2D eigenvalue weighted by molar-refractivity contribution is 6.03. The largest absolute Gasteiger partial charge is 0.340 e. The standard InChI is InChI=1S/C18H14F2N4O/c1-11-21-16(18(25)24-14-7-5-12(19)6-8-14)10-17(22-11)23-15-4-2-3-13(20)9-15/h2-10H,1H3,(H,24,25)(H,21,22,23). The van der Waals surface area contributed by atoms with Gasteiger partial charge in [0.1, 0.15) is 29.0 Å². The van der Waals surface area contributed by atoms with E-state index >= 15 is 0 Å². The molecule has 126 valence electrons. The van der Waals surface area contributed by atoms with Crippen molar-refractivity contribution in [3.63, 3.8) is 0 Å². The summed E-state index contributed by atoms with van der Waals surface area (Å²) in [5, 5.41) is 5.56. The van der Waals surface area contributed by atoms with Crippen LogP contribution in [0.25, 0.3) is 0 Å². The molecule has 1 aromatic heterocycles. The quantitative estimate of drug-likeness (QED) is 0.752. The smallest absolute Gasteiger partial charge is 0.274 e. The maximum atomic E-state index is 13.3. The minimum Gasteiger partial charge on any atom is -0.340 e. The maximum absolute atomic E-state index is 13.3. The fraction of sp³-hybridized carbons (Fsp3) is 0.0556. The van der Waals surface area contributed by atoms with Crippen LogP contribution < -0.4 is 10.6 Å². The number of rotatable bonds is 4. The normalized spacial score (nSPS) is 10.4. The fourth-order valence-electron chi connectivity index (χ4n) is 2.19. The zero-order valence-electron chi connectivity index (χ0n) is 13.3. The van der Waals surface area contributed by atoms with Gasteiger partial charge in [0.2, 0.25) is 0 Å². The van der Waals surface area contributed by atoms with Crippen LogP contribution in [0.4, 0.5) is 26.0 Å². The first-order valence-corrected chi connectivity index (χ1v) is 7.45. The number of aromatic nitrogens is 2. The predicted octanol–water partition coefficient (Wildman–Crippen LogP) is 4.06. The average molecular weight is 340 g/mol. The lowest BCUT2D eigenvalue weighted by molar-refractivity contribution is 0.102. The molecule has 0 aliphatic rings. The van der Waals surface area contributed by atoms with Crippen molar-refractivity contribution in [1.29, 1.82) is 0 Å². The van der Waals surface area contributed by atoms with Crippen molar-refractivity contribution in [3.05, 3.63) is 77.8 Å². The fourth-order valence-corrected chi connectivity index (χ4v) is 2.19. The van der Waals surface area contributed by atoms with Gasteiger partial charge in [-0.15, -0.1) is 0 Å². The summed E-state index contributed by atoms with van der Waals surface area (Å²) >= 11 is 0. The molecule has 7 heteroatoms. The Morgan fingerprint density at radius 3 is 2.40 bits per heavy atom. The minimum atomic E-state index is -0.459. The Balaban J connectivity index is 1.80. The van der Waals surface area contributed by atoms with Gasteiger partial charge in [-0.1, -0.05) is 6.07 Å². The highest BCUT2D eigenvalue weighted by Gasteiger charge is 2.11. The van der Waals surface area contributed by atoms with E-state index in [-0.39, 0.29) is 11.5 Å². The third-order valence-electron chi connectivity index (χ3n) is 3.27. The van der Waals surface area contributed by atoms with Crippen LogP contribution >= 0.6 is 0 Å². The van der Waals surface area contributed by atoms with Gasteiger partial charge in [0.15, 0.2) is 0 Å². The maximum Gasteiger partial charge on any atom is 0.274 e. The summed E-state index contributed by atoms with van der Waals surface area (Å²) < 4.78 is 26.2. The number of halogens is 2. The second-order valence-corrected chi connectivity index (χ2v) is 5.28. The van der Waals surface area contributed by atoms with E-state index in [4.69, 9.17) is 0 Å². The first-order chi connectivity index (χ1) is 12.0. The third kappa shape index (κ3) is 4.35. The van der Waals surface area contributed by atoms with Crippen LogP contribution in [0, 0.1) is 18.6 Å². The summed E-state index contributed by atoms with van der Waals surface area (Å²) in [4.78, 5) is 20.6. The van der Waals surface area contributed by atoms with Gasteiger partial charge < -0.3 is 10.6 Å². The number of hydrogen-bond donors (Lipinski definition) is 2. The molecule has 0 radical (unpaired) electrons. The van der Waals surface area contributed by atoms with Crippen molar-refractivity contribution in [3.8, 4) is 0 Å². The molecule has 0 unspecified atom stereocenters. The average Bonchev–Trinajstić information content (AvgIpc) is 2.56. The van der Waals surface area contributed by atoms with Crippen molar-refractivity contribution in [2.75, 3.05) is 10.6 Å². The number of nitrogens with zero attached hydrogens (tertiary/aromatic N) is 2. The topological polar surface area (TPSA) is 66.9 Å². The highest BCUT2D eigenvalue weighted by atomic mass is 19.1. The van der Waals surface area contributed by atoms with Crippen LogP contribution in [0.5, 0.6) is 0 Å². The Hall–Kier alpha value is -3.35. The number of carbonyl (C=O) groups is 1. The molecule has 0 aliphatic carbocycles. The van der Waals surface area contributed by atoms with Crippen LogP contribution in [0.1, 0.15) is 16.3 Å². The Morgan fingerprint density at radius 1 is 0.920 bits per heavy atom. The molecule has 0 fully saturated rings. The molecule has 0 atom stereocenters. The molecular formula is C18H14F2N4O. The lowest BCUT2D eigenvalue weighted by atomic mass is 10.2. The Labute approximate surface area is 142 Å². The zero-order chi connectivity index (χ0) is 17.8. The van der Waals surface area contributed by atoms with Gasteiger partial charge in [-0.05, 0) is 49.4 Å². The number of hydrogen-bond acceptors (Lipinski definition) is 4. The van der Waals surface area contributed by atoms with E-state index in [1.165, 1.54) is 42.5 Å². The van der Waals surface area contributed by atoms with E-state index in [9.17, 15) is 13.6 Å². The van der Waals surface area contributed by atoms with Gasteiger partial charge >= 0.3 is 0 Å². The summed E-state index contributed by atoms with van der Waals surface area (Å²) in [5.74, 6) is -0.491. The van der Waals surface area contributed by atoms with Crippen LogP contribution in [0.3, 0.4) is 0 Å². The molecule has 2 N–H and O–H groups in total. The Morgan fingerprint density at radius 2 is 1.68 bits per heavy atom. The van der Waals surface area contributed by atoms with Crippen molar-refractivity contribution in [1.82, 2.24) is 9.97 Å². The van der Waals surface area contributed by atoms with E-state index in [1.807, 2.05) is 0 Å². The zero-order valence-corrected chi connectivity index (χ0v) is 13.3. The van der Waals surface area contributed by atoms with Crippen molar-refractivity contribution in [2.24, 2.45) is 0 Å². The van der Waals surface area contributed by atoms with Crippen LogP contribution in [-0.4, -0.2) is 15.9 Å². The molecule has 2 aromatic carbocycles. The molecular weight excluding hydrogens is 326 g/mol. The molecule has 3 rings (SSSR count). The second kappa shape index (κ2) is 7.04. The summed E-state index contributed by atoms with van der Waals surface area (Å²) in [5.41, 5.74) is 1.08. The van der Waals surface area contributed by atoms with Crippen LogP contribution in [-0.2, 0) is 0 Å². The van der Waals surface area contributed by atoms with Crippen LogP contribution in [0.15, 0.2) is 54.6 Å². The van der Waals surface area contributed by atoms with Crippen molar-refractivity contribution < 1.29 is 13.6 Å². The molecule has 5 nitrogen and oxygen atoms in total. The molecule has 0 spiro atoms. The van der Waals surface area contributed by atoms with Gasteiger partial charge in [0.05, 0.1) is 0 Å². The first-order valence-electron chi connectivity index (χ1n) is 7.45. The van der Waals surface area contributed by atoms with Gasteiger partial charge in [-0.25, -0.2) is 18.7 Å². The Kier molecular flexibility index (Phi) is 4.65. The van der Waals surface area contributed by atoms with E-state index in [2.05, 4.69) is 20.6 Å². The van der Waals surface area contributed by atoms with E-state index < -0.39 is 11.7 Å². The number of carbonyl (C=O) groups excluding carboxylic acids is 1. The third-order valence-corrected chi connectivity index (χ3v) is 3.27. The van der Waals surface area contributed by atoms with E-state index in [0.29, 0.717) is 23.0 Å². The van der Waals surface area contributed by atoms with Crippen molar-refractivity contribution in [2.45, 2.75) is 6.92 Å². The SMILES string of the molecule is Cc1nc(Nc2cccc(F)c2)cc(C(=O)Nc2ccc(F)cc2)n1.